The third kappa shape index (κ3) is 3.10. The van der Waals surface area contributed by atoms with Crippen molar-refractivity contribution in [2.24, 2.45) is 0 Å². The van der Waals surface area contributed by atoms with Crippen molar-refractivity contribution >= 4 is 29.4 Å². The molecule has 1 aromatic rings. The Labute approximate surface area is 187 Å². The van der Waals surface area contributed by atoms with Gasteiger partial charge in [-0.1, -0.05) is 12.1 Å². The van der Waals surface area contributed by atoms with Crippen molar-refractivity contribution in [3.63, 3.8) is 0 Å². The van der Waals surface area contributed by atoms with Crippen molar-refractivity contribution in [1.82, 2.24) is 0 Å². The number of aliphatic hydroxyl groups excluding tert-OH is 1. The Balaban J connectivity index is 3.03. The molecule has 0 aromatic heterocycles. The standard InChI is InChI=1S/C21H24O12/c1-11(24)17(10-23)18(28,12(2)25)19(29,13(3)26)20(30,14(4)27)21(31,33-17)32-16-7-5-6-15(8-16)9-22/h5-9,23,28-31H,10H2,1-4H3/t17-,18+,19-,20-,21?/m0/s1. The first kappa shape index (κ1) is 26.4. The molecule has 0 radical (unpaired) electrons. The average molecular weight is 468 g/mol. The molecule has 1 fully saturated rings. The Morgan fingerprint density at radius 1 is 0.879 bits per heavy atom. The van der Waals surface area contributed by atoms with Gasteiger partial charge >= 0.3 is 5.97 Å². The maximum absolute atomic E-state index is 12.7. The summed E-state index contributed by atoms with van der Waals surface area (Å²) >= 11 is 0. The van der Waals surface area contributed by atoms with Gasteiger partial charge in [0, 0.05) is 5.56 Å². The van der Waals surface area contributed by atoms with E-state index in [0.717, 1.165) is 12.1 Å². The highest BCUT2D eigenvalue weighted by Crippen LogP contribution is 2.55. The molecule has 0 saturated carbocycles. The highest BCUT2D eigenvalue weighted by Gasteiger charge is 2.89. The molecule has 0 aliphatic carbocycles. The molecular formula is C21H24O12. The second-order valence-electron chi connectivity index (χ2n) is 7.82. The highest BCUT2D eigenvalue weighted by atomic mass is 16.8. The molecule has 1 aliphatic heterocycles. The van der Waals surface area contributed by atoms with Crippen LogP contribution in [0.5, 0.6) is 5.75 Å². The van der Waals surface area contributed by atoms with Gasteiger partial charge in [-0.25, -0.2) is 0 Å². The van der Waals surface area contributed by atoms with Gasteiger partial charge in [-0.05, 0) is 39.8 Å². The van der Waals surface area contributed by atoms with Gasteiger partial charge in [0.15, 0.2) is 28.7 Å². The van der Waals surface area contributed by atoms with Crippen LogP contribution in [0.15, 0.2) is 24.3 Å². The van der Waals surface area contributed by atoms with E-state index in [1.165, 1.54) is 12.1 Å². The maximum atomic E-state index is 12.7. The van der Waals surface area contributed by atoms with Crippen LogP contribution < -0.4 is 4.74 Å². The summed E-state index contributed by atoms with van der Waals surface area (Å²) in [6, 6.07) is 4.69. The number of aldehydes is 1. The molecule has 1 saturated heterocycles. The molecule has 5 N–H and O–H groups in total. The molecule has 1 heterocycles. The van der Waals surface area contributed by atoms with Crippen LogP contribution in [0.4, 0.5) is 0 Å². The topological polar surface area (TPSA) is 205 Å². The van der Waals surface area contributed by atoms with Crippen LogP contribution in [0, 0.1) is 0 Å². The zero-order valence-electron chi connectivity index (χ0n) is 18.2. The van der Waals surface area contributed by atoms with Gasteiger partial charge in [0.2, 0.25) is 11.2 Å². The lowest BCUT2D eigenvalue weighted by molar-refractivity contribution is -0.480. The van der Waals surface area contributed by atoms with E-state index >= 15 is 0 Å². The number of Topliss-reactive ketones (excluding diaryl/α,β-unsaturated/α-hetero) is 4. The number of ketones is 4. The van der Waals surface area contributed by atoms with Gasteiger partial charge in [0.05, 0.1) is 6.61 Å². The number of aliphatic hydroxyl groups is 5. The second-order valence-corrected chi connectivity index (χ2v) is 7.82. The summed E-state index contributed by atoms with van der Waals surface area (Å²) in [5.41, 5.74) is -15.0. The lowest BCUT2D eigenvalue weighted by Crippen LogP contribution is -2.94. The van der Waals surface area contributed by atoms with Crippen LogP contribution in [-0.4, -0.2) is 89.9 Å². The Hall–Kier alpha value is -2.87. The van der Waals surface area contributed by atoms with Crippen LogP contribution in [0.1, 0.15) is 38.1 Å². The van der Waals surface area contributed by atoms with Crippen molar-refractivity contribution in [3.8, 4) is 5.75 Å². The van der Waals surface area contributed by atoms with Crippen LogP contribution in [0.2, 0.25) is 0 Å². The predicted octanol–water partition coefficient (Wildman–Crippen LogP) is -2.17. The molecule has 33 heavy (non-hydrogen) atoms. The van der Waals surface area contributed by atoms with E-state index < -0.39 is 63.9 Å². The van der Waals surface area contributed by atoms with E-state index in [0.29, 0.717) is 34.0 Å². The fourth-order valence-electron chi connectivity index (χ4n) is 4.18. The molecule has 2 rings (SSSR count). The molecule has 180 valence electrons. The van der Waals surface area contributed by atoms with Crippen molar-refractivity contribution in [1.29, 1.82) is 0 Å². The maximum Gasteiger partial charge on any atom is 0.367 e. The first-order valence-electron chi connectivity index (χ1n) is 9.54. The number of hydrogen-bond donors (Lipinski definition) is 5. The lowest BCUT2D eigenvalue weighted by Gasteiger charge is -2.62. The fraction of sp³-hybridized carbons (Fsp3) is 0.476. The Bertz CT molecular complexity index is 1040. The molecule has 1 unspecified atom stereocenters. The van der Waals surface area contributed by atoms with Gasteiger partial charge in [0.1, 0.15) is 12.0 Å². The first-order chi connectivity index (χ1) is 15.1. The van der Waals surface area contributed by atoms with E-state index in [2.05, 4.69) is 0 Å². The van der Waals surface area contributed by atoms with E-state index in [1.807, 2.05) is 0 Å². The van der Waals surface area contributed by atoms with Crippen LogP contribution in [0.25, 0.3) is 0 Å². The molecule has 1 aliphatic rings. The fourth-order valence-corrected chi connectivity index (χ4v) is 4.18. The van der Waals surface area contributed by atoms with E-state index in [1.54, 1.807) is 0 Å². The summed E-state index contributed by atoms with van der Waals surface area (Å²) in [6.45, 7) is 0.818. The quantitative estimate of drug-likeness (QED) is 0.204. The third-order valence-electron chi connectivity index (χ3n) is 5.97. The number of carbonyl (C=O) groups is 5. The minimum absolute atomic E-state index is 0.0136. The smallest absolute Gasteiger partial charge is 0.367 e. The number of benzene rings is 1. The van der Waals surface area contributed by atoms with Crippen molar-refractivity contribution < 1.29 is 59.0 Å². The molecule has 1 aromatic carbocycles. The largest absolute Gasteiger partial charge is 0.437 e. The summed E-state index contributed by atoms with van der Waals surface area (Å²) in [6.07, 6.45) is 0.379. The van der Waals surface area contributed by atoms with Crippen molar-refractivity contribution in [3.05, 3.63) is 29.8 Å². The van der Waals surface area contributed by atoms with Crippen LogP contribution >= 0.6 is 0 Å². The summed E-state index contributed by atoms with van der Waals surface area (Å²) < 4.78 is 10.3. The van der Waals surface area contributed by atoms with E-state index in [4.69, 9.17) is 9.47 Å². The third-order valence-corrected chi connectivity index (χ3v) is 5.97. The number of carbonyl (C=O) groups excluding carboxylic acids is 5. The predicted molar refractivity (Wildman–Crippen MR) is 106 cm³/mol. The zero-order chi connectivity index (χ0) is 25.6. The van der Waals surface area contributed by atoms with Gasteiger partial charge in [0.25, 0.3) is 5.60 Å². The summed E-state index contributed by atoms with van der Waals surface area (Å²) in [5.74, 6) is -10.5. The van der Waals surface area contributed by atoms with Crippen LogP contribution in [0.3, 0.4) is 0 Å². The highest BCUT2D eigenvalue weighted by molar-refractivity contribution is 6.09. The van der Waals surface area contributed by atoms with E-state index in [-0.39, 0.29) is 5.56 Å². The monoisotopic (exact) mass is 468 g/mol. The Morgan fingerprint density at radius 2 is 1.39 bits per heavy atom. The van der Waals surface area contributed by atoms with Crippen molar-refractivity contribution in [2.75, 3.05) is 6.61 Å². The summed E-state index contributed by atoms with van der Waals surface area (Å²) in [7, 11) is 0. The van der Waals surface area contributed by atoms with Crippen LogP contribution in [-0.2, 0) is 23.9 Å². The van der Waals surface area contributed by atoms with E-state index in [9.17, 15) is 49.5 Å². The van der Waals surface area contributed by atoms with Gasteiger partial charge in [-0.3, -0.25) is 28.7 Å². The molecule has 12 heteroatoms. The number of ether oxygens (including phenoxy) is 2. The minimum atomic E-state index is -3.97. The molecular weight excluding hydrogens is 444 g/mol. The Morgan fingerprint density at radius 3 is 1.79 bits per heavy atom. The number of rotatable bonds is 8. The van der Waals surface area contributed by atoms with Gasteiger partial charge in [-0.15, -0.1) is 0 Å². The summed E-state index contributed by atoms with van der Waals surface area (Å²) in [4.78, 5) is 61.6. The SMILES string of the molecule is CC(=O)[C@]1(O)[C@@](O)(C(C)=O)[C@@](O)(C(C)=O)C(O)(Oc2cccc(C=O)c2)O[C@@]1(CO)C(C)=O. The van der Waals surface area contributed by atoms with Gasteiger partial charge in [-0.2, -0.15) is 0 Å². The normalized spacial score (nSPS) is 36.0. The second kappa shape index (κ2) is 8.17. The first-order valence-corrected chi connectivity index (χ1v) is 9.54. The lowest BCUT2D eigenvalue weighted by atomic mass is 9.55. The molecule has 0 bridgehead atoms. The molecule has 12 nitrogen and oxygen atoms in total. The molecule has 0 spiro atoms. The summed E-state index contributed by atoms with van der Waals surface area (Å²) in [5, 5.41) is 55.4. The van der Waals surface area contributed by atoms with Gasteiger partial charge < -0.3 is 30.3 Å². The molecule has 5 atom stereocenters. The minimum Gasteiger partial charge on any atom is -0.437 e. The van der Waals surface area contributed by atoms with Crippen molar-refractivity contribution in [2.45, 2.75) is 56.1 Å². The Kier molecular flexibility index (Phi) is 6.53. The average Bonchev–Trinajstić information content (AvgIpc) is 2.74. The zero-order valence-corrected chi connectivity index (χ0v) is 18.2. The molecule has 0 amide bonds. The number of hydrogen-bond acceptors (Lipinski definition) is 12.